The van der Waals surface area contributed by atoms with Crippen LogP contribution in [0.5, 0.6) is 5.75 Å². The summed E-state index contributed by atoms with van der Waals surface area (Å²) in [5.41, 5.74) is -0.133. The second-order valence-electron chi connectivity index (χ2n) is 2.79. The number of methoxy groups -OCH3 is 1. The van der Waals surface area contributed by atoms with E-state index in [9.17, 15) is 4.79 Å². The van der Waals surface area contributed by atoms with Crippen molar-refractivity contribution < 1.29 is 14.6 Å². The minimum Gasteiger partial charge on any atom is -0.493 e. The second-order valence-corrected chi connectivity index (χ2v) is 2.79. The van der Waals surface area contributed by atoms with Gasteiger partial charge in [-0.2, -0.15) is 0 Å². The normalized spacial score (nSPS) is 9.64. The first-order valence-electron chi connectivity index (χ1n) is 3.88. The van der Waals surface area contributed by atoms with Crippen LogP contribution in [0.25, 0.3) is 0 Å². The Morgan fingerprint density at radius 1 is 1.57 bits per heavy atom. The molecule has 0 atom stereocenters. The van der Waals surface area contributed by atoms with E-state index in [0.29, 0.717) is 5.95 Å². The van der Waals surface area contributed by atoms with Gasteiger partial charge in [-0.15, -0.1) is 0 Å². The zero-order chi connectivity index (χ0) is 10.7. The van der Waals surface area contributed by atoms with Gasteiger partial charge in [0.15, 0.2) is 11.4 Å². The molecule has 76 valence electrons. The number of carboxylic acids is 1. The Kier molecular flexibility index (Phi) is 2.85. The first-order chi connectivity index (χ1) is 6.56. The Hall–Kier alpha value is -1.85. The molecule has 0 fully saturated rings. The topological polar surface area (TPSA) is 75.5 Å². The van der Waals surface area contributed by atoms with E-state index in [1.54, 1.807) is 19.0 Å². The third-order valence-corrected chi connectivity index (χ3v) is 1.56. The molecule has 1 rings (SSSR count). The lowest BCUT2D eigenvalue weighted by atomic mass is 10.4. The summed E-state index contributed by atoms with van der Waals surface area (Å²) in [6.07, 6.45) is 1.34. The number of hydrogen-bond donors (Lipinski definition) is 1. The molecular formula is C8H11N3O3. The number of carboxylic acid groups (broad SMARTS) is 1. The van der Waals surface area contributed by atoms with Crippen LogP contribution in [0.3, 0.4) is 0 Å². The molecule has 0 amide bonds. The fraction of sp³-hybridized carbons (Fsp3) is 0.375. The molecule has 0 radical (unpaired) electrons. The standard InChI is InChI=1S/C8H11N3O3/c1-11(2)8-9-4-5(14-3)6(10-8)7(12)13/h4H,1-3H3,(H,12,13). The van der Waals surface area contributed by atoms with Crippen molar-refractivity contribution in [3.05, 3.63) is 11.9 Å². The summed E-state index contributed by atoms with van der Waals surface area (Å²) in [6, 6.07) is 0. The van der Waals surface area contributed by atoms with E-state index < -0.39 is 5.97 Å². The van der Waals surface area contributed by atoms with Crippen molar-refractivity contribution in [3.63, 3.8) is 0 Å². The molecule has 1 aromatic heterocycles. The summed E-state index contributed by atoms with van der Waals surface area (Å²) < 4.78 is 4.82. The summed E-state index contributed by atoms with van der Waals surface area (Å²) in [6.45, 7) is 0. The molecule has 0 saturated heterocycles. The Morgan fingerprint density at radius 2 is 2.21 bits per heavy atom. The fourth-order valence-electron chi connectivity index (χ4n) is 0.880. The highest BCUT2D eigenvalue weighted by atomic mass is 16.5. The smallest absolute Gasteiger partial charge is 0.358 e. The van der Waals surface area contributed by atoms with Gasteiger partial charge in [-0.05, 0) is 0 Å². The van der Waals surface area contributed by atoms with E-state index >= 15 is 0 Å². The highest BCUT2D eigenvalue weighted by Gasteiger charge is 2.15. The van der Waals surface area contributed by atoms with Crippen molar-refractivity contribution in [3.8, 4) is 5.75 Å². The number of aromatic carboxylic acids is 1. The maximum Gasteiger partial charge on any atom is 0.358 e. The molecule has 0 aliphatic heterocycles. The van der Waals surface area contributed by atoms with Crippen LogP contribution in [-0.2, 0) is 0 Å². The van der Waals surface area contributed by atoms with Gasteiger partial charge in [0.05, 0.1) is 13.3 Å². The van der Waals surface area contributed by atoms with Gasteiger partial charge in [0, 0.05) is 14.1 Å². The van der Waals surface area contributed by atoms with Crippen molar-refractivity contribution in [1.82, 2.24) is 9.97 Å². The van der Waals surface area contributed by atoms with E-state index in [-0.39, 0.29) is 11.4 Å². The zero-order valence-corrected chi connectivity index (χ0v) is 8.18. The zero-order valence-electron chi connectivity index (χ0n) is 8.18. The third kappa shape index (κ3) is 1.90. The fourth-order valence-corrected chi connectivity index (χ4v) is 0.880. The van der Waals surface area contributed by atoms with Crippen LogP contribution in [0.2, 0.25) is 0 Å². The van der Waals surface area contributed by atoms with Crippen LogP contribution in [-0.4, -0.2) is 42.2 Å². The summed E-state index contributed by atoms with van der Waals surface area (Å²) in [4.78, 5) is 20.1. The van der Waals surface area contributed by atoms with Gasteiger partial charge in [0.25, 0.3) is 0 Å². The molecule has 0 unspecified atom stereocenters. The van der Waals surface area contributed by atoms with Crippen molar-refractivity contribution in [1.29, 1.82) is 0 Å². The third-order valence-electron chi connectivity index (χ3n) is 1.56. The summed E-state index contributed by atoms with van der Waals surface area (Å²) in [5.74, 6) is -0.640. The lowest BCUT2D eigenvalue weighted by molar-refractivity contribution is 0.0686. The highest BCUT2D eigenvalue weighted by molar-refractivity contribution is 5.88. The van der Waals surface area contributed by atoms with Crippen LogP contribution < -0.4 is 9.64 Å². The Bertz CT molecular complexity index is 352. The van der Waals surface area contributed by atoms with Crippen LogP contribution in [0.4, 0.5) is 5.95 Å². The molecule has 1 heterocycles. The summed E-state index contributed by atoms with van der Waals surface area (Å²) in [7, 11) is 4.83. The molecule has 6 nitrogen and oxygen atoms in total. The minimum atomic E-state index is -1.13. The van der Waals surface area contributed by atoms with Crippen LogP contribution in [0, 0.1) is 0 Å². The second kappa shape index (κ2) is 3.91. The molecule has 6 heteroatoms. The Morgan fingerprint density at radius 3 is 2.64 bits per heavy atom. The van der Waals surface area contributed by atoms with Crippen LogP contribution in [0.1, 0.15) is 10.5 Å². The predicted molar refractivity (Wildman–Crippen MR) is 49.9 cm³/mol. The van der Waals surface area contributed by atoms with Crippen LogP contribution in [0.15, 0.2) is 6.20 Å². The number of hydrogen-bond acceptors (Lipinski definition) is 5. The summed E-state index contributed by atoms with van der Waals surface area (Å²) in [5, 5.41) is 8.81. The SMILES string of the molecule is COc1cnc(N(C)C)nc1C(=O)O. The largest absolute Gasteiger partial charge is 0.493 e. The van der Waals surface area contributed by atoms with Gasteiger partial charge in [0.1, 0.15) is 0 Å². The lowest BCUT2D eigenvalue weighted by Gasteiger charge is -2.11. The molecule has 0 aromatic carbocycles. The van der Waals surface area contributed by atoms with Crippen molar-refractivity contribution >= 4 is 11.9 Å². The van der Waals surface area contributed by atoms with E-state index in [4.69, 9.17) is 9.84 Å². The molecule has 0 spiro atoms. The molecule has 1 aromatic rings. The summed E-state index contributed by atoms with van der Waals surface area (Å²) >= 11 is 0. The van der Waals surface area contributed by atoms with Gasteiger partial charge >= 0.3 is 5.97 Å². The molecule has 0 bridgehead atoms. The molecule has 1 N–H and O–H groups in total. The average Bonchev–Trinajstić information content (AvgIpc) is 2.16. The van der Waals surface area contributed by atoms with Gasteiger partial charge < -0.3 is 14.7 Å². The number of ether oxygens (including phenoxy) is 1. The van der Waals surface area contributed by atoms with Gasteiger partial charge in [-0.1, -0.05) is 0 Å². The van der Waals surface area contributed by atoms with E-state index in [0.717, 1.165) is 0 Å². The number of aromatic nitrogens is 2. The molecule has 0 aliphatic carbocycles. The minimum absolute atomic E-state index is 0.133. The number of nitrogens with zero attached hydrogens (tertiary/aromatic N) is 3. The first kappa shape index (κ1) is 10.2. The maximum atomic E-state index is 10.8. The van der Waals surface area contributed by atoms with E-state index in [1.165, 1.54) is 13.3 Å². The van der Waals surface area contributed by atoms with Gasteiger partial charge in [0.2, 0.25) is 5.95 Å². The highest BCUT2D eigenvalue weighted by Crippen LogP contribution is 2.16. The molecule has 14 heavy (non-hydrogen) atoms. The first-order valence-corrected chi connectivity index (χ1v) is 3.88. The van der Waals surface area contributed by atoms with Gasteiger partial charge in [-0.25, -0.2) is 14.8 Å². The molecular weight excluding hydrogens is 186 g/mol. The number of anilines is 1. The van der Waals surface area contributed by atoms with Crippen molar-refractivity contribution in [2.75, 3.05) is 26.1 Å². The van der Waals surface area contributed by atoms with E-state index in [1.807, 2.05) is 0 Å². The predicted octanol–water partition coefficient (Wildman–Crippen LogP) is 0.249. The molecule has 0 saturated carbocycles. The Labute approximate surface area is 81.2 Å². The van der Waals surface area contributed by atoms with Crippen molar-refractivity contribution in [2.45, 2.75) is 0 Å². The van der Waals surface area contributed by atoms with Crippen molar-refractivity contribution in [2.24, 2.45) is 0 Å². The number of carbonyl (C=O) groups is 1. The number of rotatable bonds is 3. The monoisotopic (exact) mass is 197 g/mol. The van der Waals surface area contributed by atoms with E-state index in [2.05, 4.69) is 9.97 Å². The quantitative estimate of drug-likeness (QED) is 0.748. The Balaban J connectivity index is 3.21. The maximum absolute atomic E-state index is 10.8. The van der Waals surface area contributed by atoms with Crippen LogP contribution >= 0.6 is 0 Å². The molecule has 0 aliphatic rings. The average molecular weight is 197 g/mol. The van der Waals surface area contributed by atoms with Gasteiger partial charge in [-0.3, -0.25) is 0 Å². The lowest BCUT2D eigenvalue weighted by Crippen LogP contribution is -2.15.